The SMILES string of the molecule is COc1ccc(CSCC(=O)Nc2ccc(N3CCN(C)CC3)cc2)cc1. The van der Waals surface area contributed by atoms with Crippen LogP contribution in [0.1, 0.15) is 5.56 Å². The van der Waals surface area contributed by atoms with Crippen molar-refractivity contribution in [3.63, 3.8) is 0 Å². The lowest BCUT2D eigenvalue weighted by atomic mass is 10.2. The molecule has 0 radical (unpaired) electrons. The normalized spacial score (nSPS) is 14.8. The second-order valence-electron chi connectivity index (χ2n) is 6.73. The number of thioether (sulfide) groups is 1. The van der Waals surface area contributed by atoms with Gasteiger partial charge in [0, 0.05) is 43.3 Å². The standard InChI is InChI=1S/C21H27N3O2S/c1-23-11-13-24(14-12-23)19-7-5-18(6-8-19)22-21(25)16-27-15-17-3-9-20(26-2)10-4-17/h3-10H,11-16H2,1-2H3,(H,22,25). The van der Waals surface area contributed by atoms with Crippen LogP contribution < -0.4 is 15.0 Å². The van der Waals surface area contributed by atoms with Gasteiger partial charge in [0.1, 0.15) is 5.75 Å². The van der Waals surface area contributed by atoms with E-state index in [4.69, 9.17) is 4.74 Å². The van der Waals surface area contributed by atoms with Gasteiger partial charge >= 0.3 is 0 Å². The molecule has 1 fully saturated rings. The fourth-order valence-corrected chi connectivity index (χ4v) is 3.79. The minimum atomic E-state index is 0.0286. The Morgan fingerprint density at radius 1 is 1.04 bits per heavy atom. The number of carbonyl (C=O) groups is 1. The van der Waals surface area contributed by atoms with Crippen LogP contribution in [-0.4, -0.2) is 56.9 Å². The molecular weight excluding hydrogens is 358 g/mol. The number of anilines is 2. The van der Waals surface area contributed by atoms with Crippen LogP contribution in [0.2, 0.25) is 0 Å². The third-order valence-electron chi connectivity index (χ3n) is 4.68. The highest BCUT2D eigenvalue weighted by Crippen LogP contribution is 2.20. The molecule has 2 aromatic carbocycles. The number of benzene rings is 2. The maximum absolute atomic E-state index is 12.2. The third kappa shape index (κ3) is 5.91. The van der Waals surface area contributed by atoms with Crippen LogP contribution in [0.5, 0.6) is 5.75 Å². The van der Waals surface area contributed by atoms with E-state index in [1.165, 1.54) is 11.3 Å². The van der Waals surface area contributed by atoms with Crippen LogP contribution in [0.25, 0.3) is 0 Å². The fourth-order valence-electron chi connectivity index (χ4n) is 3.00. The number of methoxy groups -OCH3 is 1. The average Bonchev–Trinajstić information content (AvgIpc) is 2.70. The molecular formula is C21H27N3O2S. The summed E-state index contributed by atoms with van der Waals surface area (Å²) < 4.78 is 5.15. The molecule has 0 atom stereocenters. The summed E-state index contributed by atoms with van der Waals surface area (Å²) in [5, 5.41) is 2.98. The molecule has 0 spiro atoms. The van der Waals surface area contributed by atoms with E-state index < -0.39 is 0 Å². The van der Waals surface area contributed by atoms with E-state index in [9.17, 15) is 4.79 Å². The molecule has 5 nitrogen and oxygen atoms in total. The van der Waals surface area contributed by atoms with Gasteiger partial charge in [-0.2, -0.15) is 0 Å². The maximum Gasteiger partial charge on any atom is 0.234 e. The molecule has 27 heavy (non-hydrogen) atoms. The summed E-state index contributed by atoms with van der Waals surface area (Å²) in [6.07, 6.45) is 0. The molecule has 1 heterocycles. The van der Waals surface area contributed by atoms with Gasteiger partial charge in [-0.15, -0.1) is 11.8 Å². The second-order valence-corrected chi connectivity index (χ2v) is 7.71. The lowest BCUT2D eigenvalue weighted by Gasteiger charge is -2.34. The number of carbonyl (C=O) groups excluding carboxylic acids is 1. The fraction of sp³-hybridized carbons (Fsp3) is 0.381. The first kappa shape index (κ1) is 19.6. The van der Waals surface area contributed by atoms with Crippen LogP contribution in [0.15, 0.2) is 48.5 Å². The summed E-state index contributed by atoms with van der Waals surface area (Å²) in [5.74, 6) is 2.12. The summed E-state index contributed by atoms with van der Waals surface area (Å²) in [7, 11) is 3.81. The number of hydrogen-bond donors (Lipinski definition) is 1. The Labute approximate surface area is 165 Å². The molecule has 0 bridgehead atoms. The number of piperazine rings is 1. The number of ether oxygens (including phenoxy) is 1. The number of rotatable bonds is 7. The van der Waals surface area contributed by atoms with Gasteiger partial charge in [0.2, 0.25) is 5.91 Å². The first-order valence-corrected chi connectivity index (χ1v) is 10.3. The third-order valence-corrected chi connectivity index (χ3v) is 5.68. The van der Waals surface area contributed by atoms with Crippen LogP contribution in [0.3, 0.4) is 0 Å². The molecule has 3 rings (SSSR count). The van der Waals surface area contributed by atoms with Crippen molar-refractivity contribution < 1.29 is 9.53 Å². The minimum Gasteiger partial charge on any atom is -0.497 e. The average molecular weight is 386 g/mol. The van der Waals surface area contributed by atoms with Crippen LogP contribution >= 0.6 is 11.8 Å². The van der Waals surface area contributed by atoms with E-state index in [1.54, 1.807) is 18.9 Å². The summed E-state index contributed by atoms with van der Waals surface area (Å²) >= 11 is 1.61. The highest BCUT2D eigenvalue weighted by Gasteiger charge is 2.14. The molecule has 1 N–H and O–H groups in total. The zero-order valence-corrected chi connectivity index (χ0v) is 16.8. The quantitative estimate of drug-likeness (QED) is 0.792. The molecule has 1 aliphatic rings. The minimum absolute atomic E-state index is 0.0286. The van der Waals surface area contributed by atoms with Crippen LogP contribution in [-0.2, 0) is 10.5 Å². The predicted molar refractivity (Wildman–Crippen MR) is 114 cm³/mol. The highest BCUT2D eigenvalue weighted by molar-refractivity contribution is 7.99. The predicted octanol–water partition coefficient (Wildman–Crippen LogP) is 3.32. The molecule has 1 saturated heterocycles. The molecule has 0 aromatic heterocycles. The van der Waals surface area contributed by atoms with Gasteiger partial charge in [-0.25, -0.2) is 0 Å². The molecule has 1 amide bonds. The van der Waals surface area contributed by atoms with E-state index >= 15 is 0 Å². The summed E-state index contributed by atoms with van der Waals surface area (Å²) in [6.45, 7) is 4.27. The number of nitrogens with one attached hydrogen (secondary N) is 1. The van der Waals surface area contributed by atoms with Gasteiger partial charge < -0.3 is 19.9 Å². The molecule has 0 saturated carbocycles. The number of amides is 1. The van der Waals surface area contributed by atoms with Crippen molar-refractivity contribution in [2.75, 3.05) is 56.3 Å². The van der Waals surface area contributed by atoms with Gasteiger partial charge in [-0.05, 0) is 49.0 Å². The zero-order valence-electron chi connectivity index (χ0n) is 16.0. The molecule has 2 aromatic rings. The first-order valence-electron chi connectivity index (χ1n) is 9.18. The van der Waals surface area contributed by atoms with Crippen LogP contribution in [0, 0.1) is 0 Å². The van der Waals surface area contributed by atoms with E-state index in [2.05, 4.69) is 34.3 Å². The smallest absolute Gasteiger partial charge is 0.234 e. The summed E-state index contributed by atoms with van der Waals surface area (Å²) in [5.41, 5.74) is 3.25. The van der Waals surface area contributed by atoms with E-state index in [1.807, 2.05) is 36.4 Å². The highest BCUT2D eigenvalue weighted by atomic mass is 32.2. The zero-order chi connectivity index (χ0) is 19.1. The molecule has 0 aliphatic carbocycles. The molecule has 144 valence electrons. The molecule has 1 aliphatic heterocycles. The van der Waals surface area contributed by atoms with Gasteiger partial charge in [-0.1, -0.05) is 12.1 Å². The molecule has 6 heteroatoms. The Balaban J connectivity index is 1.42. The monoisotopic (exact) mass is 385 g/mol. The van der Waals surface area contributed by atoms with Crippen molar-refractivity contribution in [1.29, 1.82) is 0 Å². The topological polar surface area (TPSA) is 44.8 Å². The number of nitrogens with zero attached hydrogens (tertiary/aromatic N) is 2. The van der Waals surface area contributed by atoms with Gasteiger partial charge in [0.05, 0.1) is 12.9 Å². The Kier molecular flexibility index (Phi) is 7.01. The van der Waals surface area contributed by atoms with Gasteiger partial charge in [0.25, 0.3) is 0 Å². The van der Waals surface area contributed by atoms with Crippen molar-refractivity contribution in [2.24, 2.45) is 0 Å². The van der Waals surface area contributed by atoms with Crippen molar-refractivity contribution >= 4 is 29.0 Å². The number of likely N-dealkylation sites (N-methyl/N-ethyl adjacent to an activating group) is 1. The Morgan fingerprint density at radius 2 is 1.70 bits per heavy atom. The second kappa shape index (κ2) is 9.67. The summed E-state index contributed by atoms with van der Waals surface area (Å²) in [6, 6.07) is 16.1. The lowest BCUT2D eigenvalue weighted by molar-refractivity contribution is -0.113. The Bertz CT molecular complexity index is 726. The van der Waals surface area contributed by atoms with Crippen molar-refractivity contribution in [3.8, 4) is 5.75 Å². The Morgan fingerprint density at radius 3 is 2.33 bits per heavy atom. The van der Waals surface area contributed by atoms with E-state index in [-0.39, 0.29) is 5.91 Å². The number of hydrogen-bond acceptors (Lipinski definition) is 5. The van der Waals surface area contributed by atoms with Crippen molar-refractivity contribution in [2.45, 2.75) is 5.75 Å². The Hall–Kier alpha value is -2.18. The molecule has 0 unspecified atom stereocenters. The first-order chi connectivity index (χ1) is 13.1. The van der Waals surface area contributed by atoms with E-state index in [0.717, 1.165) is 43.4 Å². The lowest BCUT2D eigenvalue weighted by Crippen LogP contribution is -2.44. The largest absolute Gasteiger partial charge is 0.497 e. The summed E-state index contributed by atoms with van der Waals surface area (Å²) in [4.78, 5) is 16.9. The van der Waals surface area contributed by atoms with Gasteiger partial charge in [0.15, 0.2) is 0 Å². The van der Waals surface area contributed by atoms with Gasteiger partial charge in [-0.3, -0.25) is 4.79 Å². The van der Waals surface area contributed by atoms with Crippen molar-refractivity contribution in [3.05, 3.63) is 54.1 Å². The van der Waals surface area contributed by atoms with E-state index in [0.29, 0.717) is 5.75 Å². The maximum atomic E-state index is 12.2. The van der Waals surface area contributed by atoms with Crippen molar-refractivity contribution in [1.82, 2.24) is 4.90 Å². The van der Waals surface area contributed by atoms with Crippen LogP contribution in [0.4, 0.5) is 11.4 Å².